The van der Waals surface area contributed by atoms with E-state index in [1.807, 2.05) is 0 Å². The van der Waals surface area contributed by atoms with E-state index in [0.717, 1.165) is 19.3 Å². The molecule has 24 heavy (non-hydrogen) atoms. The number of aliphatic hydroxyl groups is 2. The molecule has 0 saturated carbocycles. The molecule has 0 amide bonds. The topological polar surface area (TPSA) is 96.2 Å². The number of unbranched alkanes of at least 4 members (excludes halogenated alkanes) is 6. The molecule has 4 atom stereocenters. The average molecular weight is 346 g/mol. The molecule has 0 aromatic heterocycles. The van der Waals surface area contributed by atoms with Gasteiger partial charge in [-0.1, -0.05) is 51.9 Å². The molecule has 0 radical (unpaired) electrons. The van der Waals surface area contributed by atoms with E-state index in [1.165, 1.54) is 32.1 Å². The van der Waals surface area contributed by atoms with Crippen molar-refractivity contribution in [3.05, 3.63) is 0 Å². The van der Waals surface area contributed by atoms with Crippen molar-refractivity contribution in [2.75, 3.05) is 6.61 Å². The fourth-order valence-corrected chi connectivity index (χ4v) is 2.99. The van der Waals surface area contributed by atoms with E-state index < -0.39 is 24.5 Å². The summed E-state index contributed by atoms with van der Waals surface area (Å²) in [6, 6.07) is 0. The summed E-state index contributed by atoms with van der Waals surface area (Å²) in [7, 11) is 0. The summed E-state index contributed by atoms with van der Waals surface area (Å²) in [5, 5.41) is 28.3. The predicted octanol–water partition coefficient (Wildman–Crippen LogP) is 2.85. The summed E-state index contributed by atoms with van der Waals surface area (Å²) in [6.45, 7) is 2.34. The summed E-state index contributed by atoms with van der Waals surface area (Å²) < 4.78 is 11.1. The molecular weight excluding hydrogens is 312 g/mol. The summed E-state index contributed by atoms with van der Waals surface area (Å²) in [6.07, 6.45) is 7.29. The molecule has 6 nitrogen and oxygen atoms in total. The Morgan fingerprint density at radius 2 is 1.79 bits per heavy atom. The Morgan fingerprint density at radius 1 is 1.12 bits per heavy atom. The zero-order valence-corrected chi connectivity index (χ0v) is 14.9. The molecule has 1 rings (SSSR count). The molecule has 0 aromatic carbocycles. The minimum absolute atomic E-state index is 0.0482. The number of carbonyl (C=O) groups is 1. The molecular formula is C18H34O6. The van der Waals surface area contributed by atoms with E-state index in [2.05, 4.69) is 6.92 Å². The second-order valence-electron chi connectivity index (χ2n) is 6.76. The molecule has 1 heterocycles. The Hall–Kier alpha value is -0.690. The highest BCUT2D eigenvalue weighted by Crippen LogP contribution is 2.21. The molecule has 0 aliphatic carbocycles. The Labute approximate surface area is 145 Å². The first-order valence-electron chi connectivity index (χ1n) is 9.38. The highest BCUT2D eigenvalue weighted by Gasteiger charge is 2.31. The molecule has 1 fully saturated rings. The molecule has 0 spiro atoms. The normalized spacial score (nSPS) is 25.5. The first-order chi connectivity index (χ1) is 11.5. The number of hydrogen-bond acceptors (Lipinski definition) is 5. The molecule has 1 aliphatic rings. The molecule has 1 aliphatic heterocycles. The fourth-order valence-electron chi connectivity index (χ4n) is 2.99. The lowest BCUT2D eigenvalue weighted by Crippen LogP contribution is -2.44. The molecule has 1 saturated heterocycles. The van der Waals surface area contributed by atoms with E-state index in [0.29, 0.717) is 6.42 Å². The largest absolute Gasteiger partial charge is 0.481 e. The van der Waals surface area contributed by atoms with Gasteiger partial charge < -0.3 is 24.8 Å². The van der Waals surface area contributed by atoms with Crippen LogP contribution in [0.15, 0.2) is 0 Å². The molecule has 3 N–H and O–H groups in total. The first kappa shape index (κ1) is 21.4. The lowest BCUT2D eigenvalue weighted by Gasteiger charge is -2.33. The van der Waals surface area contributed by atoms with Crippen LogP contribution in [0, 0.1) is 0 Å². The molecule has 6 heteroatoms. The number of aliphatic hydroxyl groups excluding tert-OH is 2. The van der Waals surface area contributed by atoms with Gasteiger partial charge in [-0.3, -0.25) is 4.79 Å². The Balaban J connectivity index is 2.30. The van der Waals surface area contributed by atoms with Crippen molar-refractivity contribution in [3.8, 4) is 0 Å². The van der Waals surface area contributed by atoms with Crippen LogP contribution in [0.4, 0.5) is 0 Å². The molecule has 0 aromatic rings. The van der Waals surface area contributed by atoms with Gasteiger partial charge >= 0.3 is 5.97 Å². The molecule has 0 bridgehead atoms. The van der Waals surface area contributed by atoms with Gasteiger partial charge in [0.25, 0.3) is 0 Å². The van der Waals surface area contributed by atoms with Gasteiger partial charge in [-0.25, -0.2) is 0 Å². The number of rotatable bonds is 13. The van der Waals surface area contributed by atoms with E-state index in [4.69, 9.17) is 14.6 Å². The Bertz CT molecular complexity index is 335. The van der Waals surface area contributed by atoms with Gasteiger partial charge in [0.15, 0.2) is 6.29 Å². The number of ether oxygens (including phenoxy) is 2. The molecule has 3 unspecified atom stereocenters. The Morgan fingerprint density at radius 3 is 2.42 bits per heavy atom. The average Bonchev–Trinajstić information content (AvgIpc) is 2.53. The number of carboxylic acids is 1. The van der Waals surface area contributed by atoms with Gasteiger partial charge in [-0.15, -0.1) is 0 Å². The van der Waals surface area contributed by atoms with Crippen LogP contribution in [0.3, 0.4) is 0 Å². The second-order valence-corrected chi connectivity index (χ2v) is 6.76. The lowest BCUT2D eigenvalue weighted by molar-refractivity contribution is -0.253. The van der Waals surface area contributed by atoms with E-state index in [1.54, 1.807) is 0 Å². The van der Waals surface area contributed by atoms with Gasteiger partial charge in [0.05, 0.1) is 18.8 Å². The Kier molecular flexibility index (Phi) is 11.2. The summed E-state index contributed by atoms with van der Waals surface area (Å²) in [5.41, 5.74) is 0. The van der Waals surface area contributed by atoms with Crippen LogP contribution >= 0.6 is 0 Å². The number of hydrogen-bond donors (Lipinski definition) is 3. The number of carboxylic acid groups (broad SMARTS) is 1. The maximum absolute atomic E-state index is 10.8. The van der Waals surface area contributed by atoms with Crippen LogP contribution in [0.25, 0.3) is 0 Å². The summed E-state index contributed by atoms with van der Waals surface area (Å²) in [4.78, 5) is 10.8. The predicted molar refractivity (Wildman–Crippen MR) is 90.7 cm³/mol. The minimum Gasteiger partial charge on any atom is -0.481 e. The van der Waals surface area contributed by atoms with Crippen molar-refractivity contribution >= 4 is 5.97 Å². The van der Waals surface area contributed by atoms with Crippen LogP contribution in [-0.4, -0.2) is 52.5 Å². The van der Waals surface area contributed by atoms with Crippen LogP contribution in [0.1, 0.15) is 77.6 Å². The highest BCUT2D eigenvalue weighted by atomic mass is 16.7. The van der Waals surface area contributed by atoms with Crippen LogP contribution < -0.4 is 0 Å². The summed E-state index contributed by atoms with van der Waals surface area (Å²) >= 11 is 0. The lowest BCUT2D eigenvalue weighted by atomic mass is 10.0. The van der Waals surface area contributed by atoms with Crippen molar-refractivity contribution in [3.63, 3.8) is 0 Å². The zero-order valence-electron chi connectivity index (χ0n) is 14.9. The van der Waals surface area contributed by atoms with Crippen molar-refractivity contribution in [1.29, 1.82) is 0 Å². The van der Waals surface area contributed by atoms with E-state index in [-0.39, 0.29) is 25.6 Å². The van der Waals surface area contributed by atoms with Crippen molar-refractivity contribution in [2.24, 2.45) is 0 Å². The van der Waals surface area contributed by atoms with E-state index >= 15 is 0 Å². The SMILES string of the molecule is CCCCCCCCCC(CCC(=O)O)OC1OCC(O)C[C@H]1O. The first-order valence-corrected chi connectivity index (χ1v) is 9.38. The maximum atomic E-state index is 10.8. The van der Waals surface area contributed by atoms with Crippen LogP contribution in [0.2, 0.25) is 0 Å². The van der Waals surface area contributed by atoms with Gasteiger partial charge in [-0.05, 0) is 12.8 Å². The maximum Gasteiger partial charge on any atom is 0.303 e. The third kappa shape index (κ3) is 9.57. The van der Waals surface area contributed by atoms with Gasteiger partial charge in [0.2, 0.25) is 0 Å². The summed E-state index contributed by atoms with van der Waals surface area (Å²) in [5.74, 6) is -0.844. The van der Waals surface area contributed by atoms with Crippen LogP contribution in [0.5, 0.6) is 0 Å². The fraction of sp³-hybridized carbons (Fsp3) is 0.944. The monoisotopic (exact) mass is 346 g/mol. The van der Waals surface area contributed by atoms with Gasteiger partial charge in [-0.2, -0.15) is 0 Å². The third-order valence-corrected chi connectivity index (χ3v) is 4.42. The van der Waals surface area contributed by atoms with Gasteiger partial charge in [0.1, 0.15) is 6.10 Å². The zero-order chi connectivity index (χ0) is 17.8. The highest BCUT2D eigenvalue weighted by molar-refractivity contribution is 5.66. The van der Waals surface area contributed by atoms with Crippen molar-refractivity contribution in [1.82, 2.24) is 0 Å². The van der Waals surface area contributed by atoms with Crippen molar-refractivity contribution < 1.29 is 29.6 Å². The third-order valence-electron chi connectivity index (χ3n) is 4.42. The number of aliphatic carboxylic acids is 1. The standard InChI is InChI=1S/C18H34O6/c1-2-3-4-5-6-7-8-9-15(10-11-17(21)22)24-18-16(20)12-14(19)13-23-18/h14-16,18-20H,2-13H2,1H3,(H,21,22)/t14?,15?,16-,18?/m1/s1. The smallest absolute Gasteiger partial charge is 0.303 e. The van der Waals surface area contributed by atoms with Gasteiger partial charge in [0, 0.05) is 12.8 Å². The van der Waals surface area contributed by atoms with Crippen molar-refractivity contribution in [2.45, 2.75) is 102 Å². The second kappa shape index (κ2) is 12.6. The quantitative estimate of drug-likeness (QED) is 0.444. The minimum atomic E-state index is -0.866. The van der Waals surface area contributed by atoms with E-state index in [9.17, 15) is 15.0 Å². The molecule has 142 valence electrons. The van der Waals surface area contributed by atoms with Crippen LogP contribution in [-0.2, 0) is 14.3 Å².